The van der Waals surface area contributed by atoms with Gasteiger partial charge < -0.3 is 9.47 Å². The predicted octanol–water partition coefficient (Wildman–Crippen LogP) is 3.91. The van der Waals surface area contributed by atoms with Gasteiger partial charge in [-0.05, 0) is 53.0 Å². The number of sulfonamides is 1. The molecule has 0 N–H and O–H groups in total. The van der Waals surface area contributed by atoms with E-state index in [9.17, 15) is 17.6 Å². The molecule has 2 aromatic rings. The summed E-state index contributed by atoms with van der Waals surface area (Å²) in [5.41, 5.74) is 1.53. The van der Waals surface area contributed by atoms with Crippen LogP contribution in [0, 0.1) is 5.82 Å². The molecule has 1 amide bonds. The molecule has 30 heavy (non-hydrogen) atoms. The molecular formula is C20H20BrFN2O5S. The number of carbonyl (C=O) groups excluding carboxylic acids is 1. The van der Waals surface area contributed by atoms with Crippen LogP contribution >= 0.6 is 15.9 Å². The molecule has 1 saturated heterocycles. The molecule has 2 aliphatic rings. The second-order valence-electron chi connectivity index (χ2n) is 7.10. The molecule has 0 atom stereocenters. The fraction of sp³-hybridized carbons (Fsp3) is 0.350. The maximum Gasteiger partial charge on any atom is 0.415 e. The van der Waals surface area contributed by atoms with Gasteiger partial charge in [0.1, 0.15) is 18.2 Å². The van der Waals surface area contributed by atoms with Crippen molar-refractivity contribution in [1.29, 1.82) is 0 Å². The first-order valence-corrected chi connectivity index (χ1v) is 11.6. The van der Waals surface area contributed by atoms with E-state index in [0.717, 1.165) is 17.7 Å². The lowest BCUT2D eigenvalue weighted by atomic mass is 10.0. The number of anilines is 1. The van der Waals surface area contributed by atoms with Crippen molar-refractivity contribution in [3.8, 4) is 5.75 Å². The van der Waals surface area contributed by atoms with Gasteiger partial charge in [0.15, 0.2) is 0 Å². The highest BCUT2D eigenvalue weighted by Gasteiger charge is 2.38. The number of benzene rings is 2. The minimum absolute atomic E-state index is 0.0201. The number of fused-ring (bicyclic) bond motifs is 1. The molecule has 7 nitrogen and oxygen atoms in total. The van der Waals surface area contributed by atoms with Gasteiger partial charge in [0.2, 0.25) is 10.0 Å². The van der Waals surface area contributed by atoms with Gasteiger partial charge in [-0.2, -0.15) is 4.31 Å². The molecular weight excluding hydrogens is 479 g/mol. The van der Waals surface area contributed by atoms with E-state index in [1.807, 2.05) is 12.1 Å². The molecule has 2 heterocycles. The van der Waals surface area contributed by atoms with Gasteiger partial charge >= 0.3 is 6.09 Å². The van der Waals surface area contributed by atoms with Crippen molar-refractivity contribution < 1.29 is 27.1 Å². The van der Waals surface area contributed by atoms with Crippen LogP contribution in [0.25, 0.3) is 0 Å². The van der Waals surface area contributed by atoms with E-state index in [2.05, 4.69) is 15.9 Å². The van der Waals surface area contributed by atoms with Crippen molar-refractivity contribution in [2.24, 2.45) is 0 Å². The van der Waals surface area contributed by atoms with E-state index in [1.165, 1.54) is 10.4 Å². The summed E-state index contributed by atoms with van der Waals surface area (Å²) in [5, 5.41) is 0. The number of hydrogen-bond donors (Lipinski definition) is 0. The number of hydrogen-bond acceptors (Lipinski definition) is 5. The fourth-order valence-electron chi connectivity index (χ4n) is 3.92. The van der Waals surface area contributed by atoms with Crippen LogP contribution in [0.1, 0.15) is 18.4 Å². The molecule has 160 valence electrons. The highest BCUT2D eigenvalue weighted by atomic mass is 79.9. The van der Waals surface area contributed by atoms with Gasteiger partial charge in [0.25, 0.3) is 0 Å². The van der Waals surface area contributed by atoms with Crippen molar-refractivity contribution in [2.75, 3.05) is 25.1 Å². The van der Waals surface area contributed by atoms with Gasteiger partial charge in [0.05, 0.1) is 17.7 Å². The summed E-state index contributed by atoms with van der Waals surface area (Å²) in [6.07, 6.45) is 0.407. The zero-order valence-corrected chi connectivity index (χ0v) is 18.6. The number of cyclic esters (lactones) is 1. The third-order valence-electron chi connectivity index (χ3n) is 5.39. The lowest BCUT2D eigenvalue weighted by Crippen LogP contribution is -2.50. The zero-order valence-electron chi connectivity index (χ0n) is 16.2. The first-order valence-electron chi connectivity index (χ1n) is 9.40. The average molecular weight is 499 g/mol. The molecule has 2 aliphatic heterocycles. The van der Waals surface area contributed by atoms with Crippen LogP contribution in [0.5, 0.6) is 5.75 Å². The molecule has 0 saturated carbocycles. The van der Waals surface area contributed by atoms with Gasteiger partial charge in [-0.3, -0.25) is 4.90 Å². The Morgan fingerprint density at radius 2 is 1.93 bits per heavy atom. The van der Waals surface area contributed by atoms with E-state index < -0.39 is 21.9 Å². The van der Waals surface area contributed by atoms with E-state index >= 15 is 0 Å². The normalized spacial score (nSPS) is 18.1. The summed E-state index contributed by atoms with van der Waals surface area (Å²) in [5.74, 6) is 0.0604. The molecule has 0 aliphatic carbocycles. The molecule has 0 bridgehead atoms. The summed E-state index contributed by atoms with van der Waals surface area (Å²) in [4.78, 5) is 14.2. The third-order valence-corrected chi connectivity index (χ3v) is 8.27. The smallest absolute Gasteiger partial charge is 0.415 e. The van der Waals surface area contributed by atoms with Crippen molar-refractivity contribution >= 4 is 37.7 Å². The molecule has 2 aromatic carbocycles. The number of para-hydroxylation sites is 1. The molecule has 0 unspecified atom stereocenters. The van der Waals surface area contributed by atoms with Crippen LogP contribution < -0.4 is 9.64 Å². The Hall–Kier alpha value is -2.17. The Morgan fingerprint density at radius 1 is 1.20 bits per heavy atom. The minimum atomic E-state index is -3.79. The second kappa shape index (κ2) is 8.16. The standard InChI is InChI=1S/C20H20BrFN2O5S/c1-28-17-4-2-3-13-12-29-20(25)24(19(13)17)15-7-9-23(10-8-15)30(26,27)18-6-5-14(22)11-16(18)21/h2-6,11,15H,7-10,12H2,1H3. The Bertz CT molecular complexity index is 1070. The predicted molar refractivity (Wildman–Crippen MR) is 112 cm³/mol. The molecule has 0 spiro atoms. The third kappa shape index (κ3) is 3.67. The van der Waals surface area contributed by atoms with Crippen LogP contribution in [0.4, 0.5) is 14.9 Å². The van der Waals surface area contributed by atoms with Crippen molar-refractivity contribution in [3.05, 3.63) is 52.3 Å². The second-order valence-corrected chi connectivity index (χ2v) is 9.86. The number of methoxy groups -OCH3 is 1. The van der Waals surface area contributed by atoms with Crippen molar-refractivity contribution in [1.82, 2.24) is 4.31 Å². The average Bonchev–Trinajstić information content (AvgIpc) is 2.73. The number of piperidine rings is 1. The quantitative estimate of drug-likeness (QED) is 0.638. The summed E-state index contributed by atoms with van der Waals surface area (Å²) < 4.78 is 51.7. The number of amides is 1. The number of halogens is 2. The molecule has 10 heteroatoms. The van der Waals surface area contributed by atoms with Crippen LogP contribution in [-0.2, 0) is 21.4 Å². The van der Waals surface area contributed by atoms with Crippen LogP contribution in [0.3, 0.4) is 0 Å². The van der Waals surface area contributed by atoms with E-state index in [4.69, 9.17) is 9.47 Å². The fourth-order valence-corrected chi connectivity index (χ4v) is 6.40. The first kappa shape index (κ1) is 21.1. The van der Waals surface area contributed by atoms with Gasteiger partial charge in [-0.25, -0.2) is 17.6 Å². The Kier molecular flexibility index (Phi) is 5.73. The molecule has 0 aromatic heterocycles. The minimum Gasteiger partial charge on any atom is -0.495 e. The summed E-state index contributed by atoms with van der Waals surface area (Å²) in [7, 11) is -2.24. The Balaban J connectivity index is 1.56. The monoisotopic (exact) mass is 498 g/mol. The summed E-state index contributed by atoms with van der Waals surface area (Å²) >= 11 is 3.14. The Labute approximate surface area is 182 Å². The van der Waals surface area contributed by atoms with E-state index in [1.54, 1.807) is 18.1 Å². The van der Waals surface area contributed by atoms with E-state index in [-0.39, 0.29) is 35.1 Å². The largest absolute Gasteiger partial charge is 0.495 e. The number of ether oxygens (including phenoxy) is 2. The van der Waals surface area contributed by atoms with Gasteiger partial charge in [-0.1, -0.05) is 12.1 Å². The highest BCUT2D eigenvalue weighted by molar-refractivity contribution is 9.10. The number of nitrogens with zero attached hydrogens (tertiary/aromatic N) is 2. The molecule has 1 fully saturated rings. The number of rotatable bonds is 4. The van der Waals surface area contributed by atoms with Gasteiger partial charge in [0, 0.05) is 29.2 Å². The van der Waals surface area contributed by atoms with Crippen molar-refractivity contribution in [3.63, 3.8) is 0 Å². The maximum atomic E-state index is 13.4. The zero-order chi connectivity index (χ0) is 21.5. The SMILES string of the molecule is COc1cccc2c1N(C1CCN(S(=O)(=O)c3ccc(F)cc3Br)CC1)C(=O)OC2. The van der Waals surface area contributed by atoms with Crippen LogP contribution in [-0.4, -0.2) is 45.1 Å². The van der Waals surface area contributed by atoms with Crippen LogP contribution in [0.2, 0.25) is 0 Å². The lowest BCUT2D eigenvalue weighted by Gasteiger charge is -2.40. The Morgan fingerprint density at radius 3 is 2.60 bits per heavy atom. The van der Waals surface area contributed by atoms with Gasteiger partial charge in [-0.15, -0.1) is 0 Å². The first-order chi connectivity index (χ1) is 14.3. The number of carbonyl (C=O) groups is 1. The van der Waals surface area contributed by atoms with E-state index in [0.29, 0.717) is 24.3 Å². The molecule has 0 radical (unpaired) electrons. The topological polar surface area (TPSA) is 76.2 Å². The van der Waals surface area contributed by atoms with Crippen molar-refractivity contribution in [2.45, 2.75) is 30.4 Å². The lowest BCUT2D eigenvalue weighted by molar-refractivity contribution is 0.135. The van der Waals surface area contributed by atoms with Crippen LogP contribution in [0.15, 0.2) is 45.8 Å². The summed E-state index contributed by atoms with van der Waals surface area (Å²) in [6, 6.07) is 8.79. The molecule has 4 rings (SSSR count). The summed E-state index contributed by atoms with van der Waals surface area (Å²) in [6.45, 7) is 0.629. The highest BCUT2D eigenvalue weighted by Crippen LogP contribution is 2.39. The maximum absolute atomic E-state index is 13.4.